The number of ether oxygens (including phenoxy) is 1. The third-order valence-corrected chi connectivity index (χ3v) is 3.21. The van der Waals surface area contributed by atoms with Crippen LogP contribution in [-0.4, -0.2) is 18.2 Å². The van der Waals surface area contributed by atoms with E-state index in [9.17, 15) is 0 Å². The van der Waals surface area contributed by atoms with Crippen LogP contribution >= 0.6 is 0 Å². The van der Waals surface area contributed by atoms with Crippen molar-refractivity contribution in [2.45, 2.75) is 32.2 Å². The van der Waals surface area contributed by atoms with Gasteiger partial charge >= 0.3 is 0 Å². The zero-order valence-corrected chi connectivity index (χ0v) is 7.05. The van der Waals surface area contributed by atoms with E-state index in [2.05, 4.69) is 18.8 Å². The lowest BCUT2D eigenvalue weighted by atomic mass is 9.57. The average Bonchev–Trinajstić information content (AvgIpc) is 2.32. The van der Waals surface area contributed by atoms with E-state index < -0.39 is 0 Å². The van der Waals surface area contributed by atoms with Gasteiger partial charge < -0.3 is 10.5 Å². The molecule has 0 bridgehead atoms. The largest absolute Gasteiger partial charge is 0.463 e. The molecule has 1 atom stereocenters. The Labute approximate surface area is 66.6 Å². The average molecular weight is 154 g/mol. The Kier molecular flexibility index (Phi) is 1.08. The van der Waals surface area contributed by atoms with E-state index in [4.69, 9.17) is 10.5 Å². The summed E-state index contributed by atoms with van der Waals surface area (Å²) in [6.07, 6.45) is 2.36. The SMILES string of the molecule is CC1(C)CCC12COC(N)=N2. The van der Waals surface area contributed by atoms with E-state index in [0.29, 0.717) is 12.6 Å². The topological polar surface area (TPSA) is 47.6 Å². The van der Waals surface area contributed by atoms with Gasteiger partial charge in [-0.2, -0.15) is 0 Å². The predicted molar refractivity (Wildman–Crippen MR) is 43.3 cm³/mol. The van der Waals surface area contributed by atoms with Gasteiger partial charge in [-0.25, -0.2) is 4.99 Å². The number of hydrogen-bond acceptors (Lipinski definition) is 3. The number of nitrogens with two attached hydrogens (primary N) is 1. The molecule has 0 amide bonds. The summed E-state index contributed by atoms with van der Waals surface area (Å²) in [5, 5.41) is 0. The first-order chi connectivity index (χ1) is 5.06. The highest BCUT2D eigenvalue weighted by Gasteiger charge is 2.56. The van der Waals surface area contributed by atoms with Crippen molar-refractivity contribution in [1.29, 1.82) is 0 Å². The maximum absolute atomic E-state index is 5.47. The number of rotatable bonds is 0. The Bertz CT molecular complexity index is 222. The van der Waals surface area contributed by atoms with Crippen LogP contribution in [-0.2, 0) is 4.74 Å². The van der Waals surface area contributed by atoms with E-state index in [1.807, 2.05) is 0 Å². The van der Waals surface area contributed by atoms with Crippen molar-refractivity contribution in [2.75, 3.05) is 6.61 Å². The second-order valence-electron chi connectivity index (χ2n) is 4.15. The molecule has 3 nitrogen and oxygen atoms in total. The Morgan fingerprint density at radius 1 is 1.45 bits per heavy atom. The van der Waals surface area contributed by atoms with Gasteiger partial charge in [0.1, 0.15) is 12.1 Å². The molecular formula is C8H14N2O. The lowest BCUT2D eigenvalue weighted by Gasteiger charge is -2.50. The summed E-state index contributed by atoms with van der Waals surface area (Å²) in [6, 6.07) is 0.373. The first-order valence-corrected chi connectivity index (χ1v) is 4.04. The van der Waals surface area contributed by atoms with Crippen LogP contribution in [0.2, 0.25) is 0 Å². The van der Waals surface area contributed by atoms with Gasteiger partial charge in [-0.1, -0.05) is 13.8 Å². The molecule has 1 fully saturated rings. The van der Waals surface area contributed by atoms with Crippen molar-refractivity contribution in [3.05, 3.63) is 0 Å². The second-order valence-corrected chi connectivity index (χ2v) is 4.15. The van der Waals surface area contributed by atoms with Crippen molar-refractivity contribution in [3.8, 4) is 0 Å². The van der Waals surface area contributed by atoms with E-state index in [0.717, 1.165) is 6.42 Å². The minimum Gasteiger partial charge on any atom is -0.463 e. The zero-order valence-electron chi connectivity index (χ0n) is 7.05. The zero-order chi connectivity index (χ0) is 8.11. The summed E-state index contributed by atoms with van der Waals surface area (Å²) >= 11 is 0. The molecule has 1 aliphatic heterocycles. The molecule has 62 valence electrons. The van der Waals surface area contributed by atoms with Crippen LogP contribution in [0.3, 0.4) is 0 Å². The van der Waals surface area contributed by atoms with Gasteiger partial charge in [0, 0.05) is 0 Å². The third kappa shape index (κ3) is 0.710. The molecule has 0 radical (unpaired) electrons. The van der Waals surface area contributed by atoms with Gasteiger partial charge in [0.15, 0.2) is 0 Å². The van der Waals surface area contributed by atoms with Crippen LogP contribution < -0.4 is 5.73 Å². The first kappa shape index (κ1) is 6.95. The number of nitrogens with zero attached hydrogens (tertiary/aromatic N) is 1. The van der Waals surface area contributed by atoms with Gasteiger partial charge in [-0.3, -0.25) is 0 Å². The molecular weight excluding hydrogens is 140 g/mol. The van der Waals surface area contributed by atoms with E-state index in [-0.39, 0.29) is 11.0 Å². The van der Waals surface area contributed by atoms with Crippen molar-refractivity contribution in [3.63, 3.8) is 0 Å². The molecule has 0 saturated heterocycles. The molecule has 1 saturated carbocycles. The lowest BCUT2D eigenvalue weighted by molar-refractivity contribution is 0.0157. The number of aliphatic imine (C=N–C) groups is 1. The van der Waals surface area contributed by atoms with Crippen molar-refractivity contribution >= 4 is 6.02 Å². The van der Waals surface area contributed by atoms with Crippen LogP contribution in [0.15, 0.2) is 4.99 Å². The summed E-state index contributed by atoms with van der Waals surface area (Å²) in [7, 11) is 0. The van der Waals surface area contributed by atoms with E-state index in [1.54, 1.807) is 0 Å². The summed E-state index contributed by atoms with van der Waals surface area (Å²) in [5.74, 6) is 0. The molecule has 3 heteroatoms. The molecule has 1 spiro atoms. The normalized spacial score (nSPS) is 39.6. The highest BCUT2D eigenvalue weighted by Crippen LogP contribution is 2.53. The smallest absolute Gasteiger partial charge is 0.282 e. The Morgan fingerprint density at radius 2 is 2.18 bits per heavy atom. The Morgan fingerprint density at radius 3 is 2.36 bits per heavy atom. The highest BCUT2D eigenvalue weighted by atomic mass is 16.5. The third-order valence-electron chi connectivity index (χ3n) is 3.21. The minimum absolute atomic E-state index is 0.0249. The van der Waals surface area contributed by atoms with Gasteiger partial charge in [0.2, 0.25) is 0 Å². The van der Waals surface area contributed by atoms with Crippen molar-refractivity contribution in [2.24, 2.45) is 16.1 Å². The maximum atomic E-state index is 5.47. The molecule has 2 N–H and O–H groups in total. The van der Waals surface area contributed by atoms with Crippen molar-refractivity contribution in [1.82, 2.24) is 0 Å². The van der Waals surface area contributed by atoms with Crippen LogP contribution in [0.5, 0.6) is 0 Å². The van der Waals surface area contributed by atoms with Crippen LogP contribution in [0, 0.1) is 5.41 Å². The summed E-state index contributed by atoms with van der Waals surface area (Å²) in [6.45, 7) is 5.13. The van der Waals surface area contributed by atoms with Crippen LogP contribution in [0.25, 0.3) is 0 Å². The Hall–Kier alpha value is -0.730. The number of amidine groups is 1. The quantitative estimate of drug-likeness (QED) is 0.563. The fraction of sp³-hybridized carbons (Fsp3) is 0.875. The standard InChI is InChI=1S/C8H14N2O/c1-7(2)3-4-8(7)5-11-6(9)10-8/h3-5H2,1-2H3,(H2,9,10). The van der Waals surface area contributed by atoms with Gasteiger partial charge in [-0.05, 0) is 18.3 Å². The highest BCUT2D eigenvalue weighted by molar-refractivity contribution is 5.74. The maximum Gasteiger partial charge on any atom is 0.282 e. The fourth-order valence-electron chi connectivity index (χ4n) is 1.86. The molecule has 0 aromatic heterocycles. The van der Waals surface area contributed by atoms with Crippen LogP contribution in [0.1, 0.15) is 26.7 Å². The summed E-state index contributed by atoms with van der Waals surface area (Å²) in [4.78, 5) is 4.35. The Balaban J connectivity index is 2.26. The van der Waals surface area contributed by atoms with Gasteiger partial charge in [0.25, 0.3) is 6.02 Å². The molecule has 1 unspecified atom stereocenters. The molecule has 1 heterocycles. The number of hydrogen-bond donors (Lipinski definition) is 1. The lowest BCUT2D eigenvalue weighted by Crippen LogP contribution is -2.53. The van der Waals surface area contributed by atoms with Gasteiger partial charge in [0.05, 0.1) is 0 Å². The molecule has 11 heavy (non-hydrogen) atoms. The first-order valence-electron chi connectivity index (χ1n) is 4.04. The monoisotopic (exact) mass is 154 g/mol. The molecule has 2 rings (SSSR count). The molecule has 0 aromatic rings. The van der Waals surface area contributed by atoms with Gasteiger partial charge in [-0.15, -0.1) is 0 Å². The second kappa shape index (κ2) is 1.71. The van der Waals surface area contributed by atoms with Crippen molar-refractivity contribution < 1.29 is 4.74 Å². The van der Waals surface area contributed by atoms with E-state index in [1.165, 1.54) is 6.42 Å². The molecule has 1 aliphatic carbocycles. The minimum atomic E-state index is 0.0249. The predicted octanol–water partition coefficient (Wildman–Crippen LogP) is 0.890. The van der Waals surface area contributed by atoms with E-state index >= 15 is 0 Å². The molecule has 0 aromatic carbocycles. The molecule has 2 aliphatic rings. The fourth-order valence-corrected chi connectivity index (χ4v) is 1.86. The summed E-state index contributed by atoms with van der Waals surface area (Å²) in [5.41, 5.74) is 5.78. The van der Waals surface area contributed by atoms with Crippen LogP contribution in [0.4, 0.5) is 0 Å². The summed E-state index contributed by atoms with van der Waals surface area (Å²) < 4.78 is 5.17.